The number of carbonyl (C=O) groups excluding carboxylic acids is 1. The van der Waals surface area contributed by atoms with Gasteiger partial charge in [0.25, 0.3) is 5.91 Å². The highest BCUT2D eigenvalue weighted by Gasteiger charge is 2.24. The molecule has 0 spiro atoms. The van der Waals surface area contributed by atoms with Gasteiger partial charge < -0.3 is 15.0 Å². The number of fused-ring (bicyclic) bond motifs is 1. The summed E-state index contributed by atoms with van der Waals surface area (Å²) in [6, 6.07) is 13.7. The highest BCUT2D eigenvalue weighted by atomic mass is 35.5. The summed E-state index contributed by atoms with van der Waals surface area (Å²) in [6.07, 6.45) is 1.90. The van der Waals surface area contributed by atoms with E-state index < -0.39 is 0 Å². The van der Waals surface area contributed by atoms with Gasteiger partial charge >= 0.3 is 0 Å². The van der Waals surface area contributed by atoms with E-state index in [1.165, 1.54) is 5.69 Å². The lowest BCUT2D eigenvalue weighted by Gasteiger charge is -2.28. The molecule has 0 aromatic heterocycles. The minimum Gasteiger partial charge on any atom is -0.378 e. The molecule has 2 aliphatic rings. The average Bonchev–Trinajstić information content (AvgIpc) is 2.92. The van der Waals surface area contributed by atoms with Crippen LogP contribution in [0.1, 0.15) is 11.1 Å². The Balaban J connectivity index is 1.62. The number of anilines is 2. The van der Waals surface area contributed by atoms with Crippen molar-refractivity contribution in [1.29, 1.82) is 0 Å². The third-order valence-electron chi connectivity index (χ3n) is 4.34. The maximum atomic E-state index is 12.2. The first-order chi connectivity index (χ1) is 11.7. The number of nitrogens with one attached hydrogen (secondary N) is 1. The van der Waals surface area contributed by atoms with Crippen molar-refractivity contribution in [2.24, 2.45) is 0 Å². The largest absolute Gasteiger partial charge is 0.378 e. The van der Waals surface area contributed by atoms with E-state index in [1.54, 1.807) is 6.07 Å². The predicted octanol–water partition coefficient (Wildman–Crippen LogP) is 3.67. The molecule has 5 heteroatoms. The molecule has 2 aromatic rings. The van der Waals surface area contributed by atoms with E-state index in [0.717, 1.165) is 43.1 Å². The van der Waals surface area contributed by atoms with Crippen molar-refractivity contribution >= 4 is 40.5 Å². The molecule has 2 heterocycles. The number of hydrogen-bond donors (Lipinski definition) is 1. The van der Waals surface area contributed by atoms with Gasteiger partial charge in [0.1, 0.15) is 0 Å². The molecule has 122 valence electrons. The minimum absolute atomic E-state index is 0.0930. The van der Waals surface area contributed by atoms with Crippen LogP contribution < -0.4 is 10.2 Å². The Bertz CT molecular complexity index is 809. The van der Waals surface area contributed by atoms with E-state index in [2.05, 4.69) is 22.3 Å². The van der Waals surface area contributed by atoms with Crippen LogP contribution in [0.15, 0.2) is 42.5 Å². The number of hydrogen-bond acceptors (Lipinski definition) is 3. The van der Waals surface area contributed by atoms with Crippen LogP contribution in [0, 0.1) is 0 Å². The lowest BCUT2D eigenvalue weighted by Crippen LogP contribution is -2.36. The predicted molar refractivity (Wildman–Crippen MR) is 97.4 cm³/mol. The molecular weight excluding hydrogens is 324 g/mol. The van der Waals surface area contributed by atoms with E-state index in [4.69, 9.17) is 16.3 Å². The van der Waals surface area contributed by atoms with Gasteiger partial charge in [0.2, 0.25) is 0 Å². The van der Waals surface area contributed by atoms with Crippen LogP contribution in [0.5, 0.6) is 0 Å². The quantitative estimate of drug-likeness (QED) is 0.848. The lowest BCUT2D eigenvalue weighted by molar-refractivity contribution is -0.110. The van der Waals surface area contributed by atoms with Crippen molar-refractivity contribution < 1.29 is 9.53 Å². The Labute approximate surface area is 145 Å². The van der Waals surface area contributed by atoms with E-state index in [-0.39, 0.29) is 5.91 Å². The van der Waals surface area contributed by atoms with Crippen LogP contribution in [-0.4, -0.2) is 32.2 Å². The van der Waals surface area contributed by atoms with Gasteiger partial charge in [-0.3, -0.25) is 4.79 Å². The van der Waals surface area contributed by atoms with Gasteiger partial charge in [-0.2, -0.15) is 0 Å². The Kier molecular flexibility index (Phi) is 4.00. The maximum Gasteiger partial charge on any atom is 0.256 e. The van der Waals surface area contributed by atoms with Crippen molar-refractivity contribution in [3.63, 3.8) is 0 Å². The summed E-state index contributed by atoms with van der Waals surface area (Å²) in [4.78, 5) is 14.5. The van der Waals surface area contributed by atoms with Gasteiger partial charge in [-0.05, 0) is 42.0 Å². The number of rotatable bonds is 2. The summed E-state index contributed by atoms with van der Waals surface area (Å²) in [5, 5.41) is 3.49. The van der Waals surface area contributed by atoms with E-state index in [1.807, 2.05) is 30.3 Å². The number of nitrogens with zero attached hydrogens (tertiary/aromatic N) is 1. The molecule has 4 rings (SSSR count). The lowest BCUT2D eigenvalue weighted by atomic mass is 10.0. The van der Waals surface area contributed by atoms with Crippen LogP contribution in [0.4, 0.5) is 11.4 Å². The molecule has 0 bridgehead atoms. The standard InChI is InChI=1S/C19H17ClN2O2/c20-14-3-6-18-16(12-14)17(19(23)21-18)11-13-1-4-15(5-2-13)22-7-9-24-10-8-22/h1-6,11-12H,7-10H2,(H,21,23)/b17-11+. The van der Waals surface area contributed by atoms with Crippen LogP contribution in [-0.2, 0) is 9.53 Å². The van der Waals surface area contributed by atoms with Gasteiger partial charge in [-0.25, -0.2) is 0 Å². The molecule has 0 unspecified atom stereocenters. The second kappa shape index (κ2) is 6.30. The zero-order chi connectivity index (χ0) is 16.5. The van der Waals surface area contributed by atoms with Gasteiger partial charge in [0, 0.05) is 40.6 Å². The number of benzene rings is 2. The minimum atomic E-state index is -0.0930. The molecule has 1 fully saturated rings. The number of ether oxygens (including phenoxy) is 1. The number of amides is 1. The molecular formula is C19H17ClN2O2. The molecule has 2 aromatic carbocycles. The first-order valence-corrected chi connectivity index (χ1v) is 8.34. The summed E-state index contributed by atoms with van der Waals surface area (Å²) in [5.74, 6) is -0.0930. The number of morpholine rings is 1. The van der Waals surface area contributed by atoms with Gasteiger partial charge in [0.15, 0.2) is 0 Å². The fourth-order valence-electron chi connectivity index (χ4n) is 3.07. The SMILES string of the molecule is O=C1Nc2ccc(Cl)cc2/C1=C\c1ccc(N2CCOCC2)cc1. The fourth-order valence-corrected chi connectivity index (χ4v) is 3.25. The molecule has 4 nitrogen and oxygen atoms in total. The normalized spacial score (nSPS) is 18.6. The van der Waals surface area contributed by atoms with Crippen molar-refractivity contribution in [3.8, 4) is 0 Å². The summed E-state index contributed by atoms with van der Waals surface area (Å²) < 4.78 is 5.38. The molecule has 24 heavy (non-hydrogen) atoms. The summed E-state index contributed by atoms with van der Waals surface area (Å²) in [7, 11) is 0. The highest BCUT2D eigenvalue weighted by molar-refractivity contribution is 6.36. The fraction of sp³-hybridized carbons (Fsp3) is 0.211. The third kappa shape index (κ3) is 2.90. The van der Waals surface area contributed by atoms with Gasteiger partial charge in [0.05, 0.1) is 13.2 Å². The molecule has 0 saturated carbocycles. The van der Waals surface area contributed by atoms with E-state index in [0.29, 0.717) is 10.6 Å². The van der Waals surface area contributed by atoms with Crippen LogP contribution >= 0.6 is 11.6 Å². The van der Waals surface area contributed by atoms with E-state index in [9.17, 15) is 4.79 Å². The molecule has 0 radical (unpaired) electrons. The molecule has 0 aliphatic carbocycles. The number of carbonyl (C=O) groups is 1. The molecule has 0 atom stereocenters. The summed E-state index contributed by atoms with van der Waals surface area (Å²) in [5.41, 5.74) is 4.47. The zero-order valence-corrected chi connectivity index (χ0v) is 13.8. The van der Waals surface area contributed by atoms with Crippen molar-refractivity contribution in [3.05, 3.63) is 58.6 Å². The Morgan fingerprint density at radius 3 is 2.58 bits per heavy atom. The monoisotopic (exact) mass is 340 g/mol. The topological polar surface area (TPSA) is 41.6 Å². The van der Waals surface area contributed by atoms with Crippen molar-refractivity contribution in [2.75, 3.05) is 36.5 Å². The second-order valence-electron chi connectivity index (χ2n) is 5.89. The molecule has 1 saturated heterocycles. The zero-order valence-electron chi connectivity index (χ0n) is 13.1. The molecule has 1 N–H and O–H groups in total. The molecule has 1 amide bonds. The maximum absolute atomic E-state index is 12.2. The van der Waals surface area contributed by atoms with Crippen LogP contribution in [0.25, 0.3) is 11.6 Å². The van der Waals surface area contributed by atoms with Crippen molar-refractivity contribution in [1.82, 2.24) is 0 Å². The van der Waals surface area contributed by atoms with Gasteiger partial charge in [-0.15, -0.1) is 0 Å². The Morgan fingerprint density at radius 1 is 1.08 bits per heavy atom. The Hall–Kier alpha value is -2.30. The average molecular weight is 341 g/mol. The van der Waals surface area contributed by atoms with Gasteiger partial charge in [-0.1, -0.05) is 23.7 Å². The van der Waals surface area contributed by atoms with Crippen molar-refractivity contribution in [2.45, 2.75) is 0 Å². The smallest absolute Gasteiger partial charge is 0.256 e. The number of halogens is 1. The first-order valence-electron chi connectivity index (χ1n) is 7.96. The summed E-state index contributed by atoms with van der Waals surface area (Å²) in [6.45, 7) is 3.36. The Morgan fingerprint density at radius 2 is 1.83 bits per heavy atom. The molecule has 2 aliphatic heterocycles. The summed E-state index contributed by atoms with van der Waals surface area (Å²) >= 11 is 6.06. The first kappa shape index (κ1) is 15.2. The highest BCUT2D eigenvalue weighted by Crippen LogP contribution is 2.35. The van der Waals surface area contributed by atoms with E-state index >= 15 is 0 Å². The van der Waals surface area contributed by atoms with Crippen LogP contribution in [0.3, 0.4) is 0 Å². The third-order valence-corrected chi connectivity index (χ3v) is 4.58. The van der Waals surface area contributed by atoms with Crippen LogP contribution in [0.2, 0.25) is 5.02 Å². The second-order valence-corrected chi connectivity index (χ2v) is 6.33.